The van der Waals surface area contributed by atoms with Crippen molar-refractivity contribution in [2.24, 2.45) is 0 Å². The molecule has 1 aliphatic rings. The molecule has 0 spiro atoms. The molecule has 17 heavy (non-hydrogen) atoms. The van der Waals surface area contributed by atoms with Crippen LogP contribution < -0.4 is 10.1 Å². The second-order valence-electron chi connectivity index (χ2n) is 4.81. The summed E-state index contributed by atoms with van der Waals surface area (Å²) in [5, 5.41) is 3.34. The third-order valence-corrected chi connectivity index (χ3v) is 3.56. The second kappa shape index (κ2) is 5.52. The minimum Gasteiger partial charge on any atom is -0.496 e. The molecule has 0 radical (unpaired) electrons. The highest BCUT2D eigenvalue weighted by atomic mass is 16.5. The SMILES string of the molecule is CNC1CCN(Cc2ccc(C)c(OC)c2)C1. The predicted octanol–water partition coefficient (Wildman–Crippen LogP) is 1.80. The van der Waals surface area contributed by atoms with E-state index in [0.717, 1.165) is 18.8 Å². The van der Waals surface area contributed by atoms with Crippen molar-refractivity contribution in [1.82, 2.24) is 10.2 Å². The number of likely N-dealkylation sites (tertiary alicyclic amines) is 1. The lowest BCUT2D eigenvalue weighted by Crippen LogP contribution is -2.29. The summed E-state index contributed by atoms with van der Waals surface area (Å²) in [6, 6.07) is 7.15. The minimum absolute atomic E-state index is 0.655. The monoisotopic (exact) mass is 234 g/mol. The molecule has 1 heterocycles. The van der Waals surface area contributed by atoms with Gasteiger partial charge in [-0.3, -0.25) is 4.90 Å². The summed E-state index contributed by atoms with van der Waals surface area (Å²) in [7, 11) is 3.78. The summed E-state index contributed by atoms with van der Waals surface area (Å²) in [6.07, 6.45) is 1.25. The van der Waals surface area contributed by atoms with Crippen molar-refractivity contribution in [2.45, 2.75) is 25.9 Å². The molecule has 3 nitrogen and oxygen atoms in total. The Morgan fingerprint density at radius 3 is 2.94 bits per heavy atom. The second-order valence-corrected chi connectivity index (χ2v) is 4.81. The van der Waals surface area contributed by atoms with Crippen LogP contribution in [0, 0.1) is 6.92 Å². The number of ether oxygens (including phenoxy) is 1. The lowest BCUT2D eigenvalue weighted by Gasteiger charge is -2.16. The standard InChI is InChI=1S/C14H22N2O/c1-11-4-5-12(8-14(11)17-3)9-16-7-6-13(10-16)15-2/h4-5,8,13,15H,6-7,9-10H2,1-3H3. The normalized spacial score (nSPS) is 20.8. The molecule has 1 atom stereocenters. The summed E-state index contributed by atoms with van der Waals surface area (Å²) >= 11 is 0. The average Bonchev–Trinajstić information content (AvgIpc) is 2.79. The van der Waals surface area contributed by atoms with Gasteiger partial charge in [-0.1, -0.05) is 12.1 Å². The lowest BCUT2D eigenvalue weighted by atomic mass is 10.1. The van der Waals surface area contributed by atoms with Crippen LogP contribution in [0.4, 0.5) is 0 Å². The van der Waals surface area contributed by atoms with Gasteiger partial charge in [-0.15, -0.1) is 0 Å². The van der Waals surface area contributed by atoms with E-state index in [1.165, 1.54) is 24.1 Å². The van der Waals surface area contributed by atoms with Crippen LogP contribution in [0.15, 0.2) is 18.2 Å². The zero-order valence-corrected chi connectivity index (χ0v) is 11.0. The van der Waals surface area contributed by atoms with Crippen LogP contribution in [0.5, 0.6) is 5.75 Å². The maximum Gasteiger partial charge on any atom is 0.122 e. The first kappa shape index (κ1) is 12.4. The first-order chi connectivity index (χ1) is 8.22. The van der Waals surface area contributed by atoms with Gasteiger partial charge >= 0.3 is 0 Å². The first-order valence-corrected chi connectivity index (χ1v) is 6.26. The van der Waals surface area contributed by atoms with E-state index in [-0.39, 0.29) is 0 Å². The van der Waals surface area contributed by atoms with Crippen LogP contribution in [0.2, 0.25) is 0 Å². The van der Waals surface area contributed by atoms with E-state index in [1.807, 2.05) is 7.05 Å². The third kappa shape index (κ3) is 2.99. The molecule has 1 saturated heterocycles. The number of hydrogen-bond donors (Lipinski definition) is 1. The highest BCUT2D eigenvalue weighted by Crippen LogP contribution is 2.21. The Labute approximate surface area is 104 Å². The molecule has 1 unspecified atom stereocenters. The van der Waals surface area contributed by atoms with Crippen LogP contribution in [0.3, 0.4) is 0 Å². The first-order valence-electron chi connectivity index (χ1n) is 6.26. The molecule has 1 aromatic rings. The largest absolute Gasteiger partial charge is 0.496 e. The highest BCUT2D eigenvalue weighted by Gasteiger charge is 2.20. The molecule has 1 aliphatic heterocycles. The van der Waals surface area contributed by atoms with Crippen molar-refractivity contribution in [3.8, 4) is 5.75 Å². The molecule has 2 rings (SSSR count). The van der Waals surface area contributed by atoms with E-state index in [1.54, 1.807) is 7.11 Å². The molecule has 1 N–H and O–H groups in total. The number of likely N-dealkylation sites (N-methyl/N-ethyl adjacent to an activating group) is 1. The number of aryl methyl sites for hydroxylation is 1. The van der Waals surface area contributed by atoms with Crippen molar-refractivity contribution in [1.29, 1.82) is 0 Å². The van der Waals surface area contributed by atoms with Crippen molar-refractivity contribution < 1.29 is 4.74 Å². The zero-order valence-electron chi connectivity index (χ0n) is 11.0. The highest BCUT2D eigenvalue weighted by molar-refractivity contribution is 5.36. The van der Waals surface area contributed by atoms with Crippen LogP contribution in [-0.2, 0) is 6.54 Å². The van der Waals surface area contributed by atoms with Gasteiger partial charge in [-0.25, -0.2) is 0 Å². The minimum atomic E-state index is 0.655. The fourth-order valence-corrected chi connectivity index (χ4v) is 2.43. The number of methoxy groups -OCH3 is 1. The molecular formula is C14H22N2O. The molecule has 94 valence electrons. The summed E-state index contributed by atoms with van der Waals surface area (Å²) in [6.45, 7) is 5.43. The number of hydrogen-bond acceptors (Lipinski definition) is 3. The van der Waals surface area contributed by atoms with Gasteiger partial charge in [0.2, 0.25) is 0 Å². The average molecular weight is 234 g/mol. The Kier molecular flexibility index (Phi) is 4.02. The van der Waals surface area contributed by atoms with Gasteiger partial charge in [0, 0.05) is 25.7 Å². The number of benzene rings is 1. The Bertz CT molecular complexity index is 378. The van der Waals surface area contributed by atoms with E-state index >= 15 is 0 Å². The van der Waals surface area contributed by atoms with Gasteiger partial charge in [0.15, 0.2) is 0 Å². The number of rotatable bonds is 4. The third-order valence-electron chi connectivity index (χ3n) is 3.56. The van der Waals surface area contributed by atoms with E-state index < -0.39 is 0 Å². The molecule has 0 bridgehead atoms. The molecule has 0 aromatic heterocycles. The van der Waals surface area contributed by atoms with Crippen molar-refractivity contribution in [3.63, 3.8) is 0 Å². The van der Waals surface area contributed by atoms with Gasteiger partial charge in [0.25, 0.3) is 0 Å². The lowest BCUT2D eigenvalue weighted by molar-refractivity contribution is 0.321. The molecule has 1 aromatic carbocycles. The number of nitrogens with one attached hydrogen (secondary N) is 1. The smallest absolute Gasteiger partial charge is 0.122 e. The summed E-state index contributed by atoms with van der Waals surface area (Å²) in [4.78, 5) is 2.49. The van der Waals surface area contributed by atoms with Crippen LogP contribution >= 0.6 is 0 Å². The Morgan fingerprint density at radius 1 is 1.47 bits per heavy atom. The van der Waals surface area contributed by atoms with Gasteiger partial charge in [-0.2, -0.15) is 0 Å². The van der Waals surface area contributed by atoms with Gasteiger partial charge in [0.05, 0.1) is 7.11 Å². The van der Waals surface area contributed by atoms with Crippen LogP contribution in [0.25, 0.3) is 0 Å². The molecule has 1 fully saturated rings. The summed E-state index contributed by atoms with van der Waals surface area (Å²) in [5.41, 5.74) is 2.54. The van der Waals surface area contributed by atoms with Gasteiger partial charge in [0.1, 0.15) is 5.75 Å². The van der Waals surface area contributed by atoms with E-state index in [2.05, 4.69) is 35.3 Å². The Hall–Kier alpha value is -1.06. The van der Waals surface area contributed by atoms with Crippen molar-refractivity contribution in [3.05, 3.63) is 29.3 Å². The fourth-order valence-electron chi connectivity index (χ4n) is 2.43. The van der Waals surface area contributed by atoms with Gasteiger partial charge in [-0.05, 0) is 37.6 Å². The van der Waals surface area contributed by atoms with Crippen molar-refractivity contribution >= 4 is 0 Å². The van der Waals surface area contributed by atoms with Crippen molar-refractivity contribution in [2.75, 3.05) is 27.2 Å². The summed E-state index contributed by atoms with van der Waals surface area (Å²) in [5.74, 6) is 0.992. The summed E-state index contributed by atoms with van der Waals surface area (Å²) < 4.78 is 5.36. The Morgan fingerprint density at radius 2 is 2.29 bits per heavy atom. The number of nitrogens with zero attached hydrogens (tertiary/aromatic N) is 1. The molecule has 0 amide bonds. The van der Waals surface area contributed by atoms with Crippen LogP contribution in [0.1, 0.15) is 17.5 Å². The topological polar surface area (TPSA) is 24.5 Å². The zero-order chi connectivity index (χ0) is 12.3. The maximum absolute atomic E-state index is 5.36. The maximum atomic E-state index is 5.36. The Balaban J connectivity index is 1.99. The quantitative estimate of drug-likeness (QED) is 0.859. The van der Waals surface area contributed by atoms with Crippen LogP contribution in [-0.4, -0.2) is 38.2 Å². The predicted molar refractivity (Wildman–Crippen MR) is 70.5 cm³/mol. The fraction of sp³-hybridized carbons (Fsp3) is 0.571. The molecular weight excluding hydrogens is 212 g/mol. The van der Waals surface area contributed by atoms with E-state index in [9.17, 15) is 0 Å². The van der Waals surface area contributed by atoms with E-state index in [0.29, 0.717) is 6.04 Å². The molecule has 0 saturated carbocycles. The van der Waals surface area contributed by atoms with E-state index in [4.69, 9.17) is 4.74 Å². The van der Waals surface area contributed by atoms with Gasteiger partial charge < -0.3 is 10.1 Å². The molecule has 0 aliphatic carbocycles. The molecule has 3 heteroatoms.